The summed E-state index contributed by atoms with van der Waals surface area (Å²) in [5, 5.41) is 11.8. The Balaban J connectivity index is 2.67. The molecule has 0 aliphatic heterocycles. The smallest absolute Gasteiger partial charge is 0.128 e. The van der Waals surface area contributed by atoms with Crippen LogP contribution < -0.4 is 0 Å². The lowest BCUT2D eigenvalue weighted by Gasteiger charge is -1.85. The summed E-state index contributed by atoms with van der Waals surface area (Å²) in [6.07, 6.45) is 4.27. The van der Waals surface area contributed by atoms with E-state index in [1.165, 1.54) is 4.68 Å². The van der Waals surface area contributed by atoms with Crippen LogP contribution >= 0.6 is 0 Å². The Morgan fingerprint density at radius 1 is 1.88 bits per heavy atom. The number of nitriles is 1. The summed E-state index contributed by atoms with van der Waals surface area (Å²) in [5.41, 5.74) is 0. The second-order valence-electron chi connectivity index (χ2n) is 1.30. The largest absolute Gasteiger partial charge is 0.258 e. The van der Waals surface area contributed by atoms with Gasteiger partial charge in [0.25, 0.3) is 0 Å². The van der Waals surface area contributed by atoms with Gasteiger partial charge in [-0.05, 0) is 6.07 Å². The van der Waals surface area contributed by atoms with Crippen molar-refractivity contribution in [2.45, 2.75) is 6.54 Å². The van der Waals surface area contributed by atoms with Crippen molar-refractivity contribution in [3.8, 4) is 6.07 Å². The molecule has 0 aliphatic carbocycles. The predicted molar refractivity (Wildman–Crippen MR) is 26.7 cm³/mol. The van der Waals surface area contributed by atoms with Crippen molar-refractivity contribution in [2.24, 2.45) is 0 Å². The Labute approximate surface area is 47.2 Å². The lowest BCUT2D eigenvalue weighted by atomic mass is 10.7. The third-order valence-corrected chi connectivity index (χ3v) is 0.740. The van der Waals surface area contributed by atoms with E-state index in [0.29, 0.717) is 6.54 Å². The van der Waals surface area contributed by atoms with E-state index in [1.807, 2.05) is 6.07 Å². The summed E-state index contributed by atoms with van der Waals surface area (Å²) >= 11 is 0. The number of nitrogens with zero attached hydrogens (tertiary/aromatic N) is 3. The minimum atomic E-state index is 0.309. The van der Waals surface area contributed by atoms with E-state index < -0.39 is 0 Å². The van der Waals surface area contributed by atoms with Crippen LogP contribution in [0, 0.1) is 17.5 Å². The summed E-state index contributed by atoms with van der Waals surface area (Å²) in [6, 6.07) is 3.61. The van der Waals surface area contributed by atoms with Crippen LogP contribution in [0.2, 0.25) is 0 Å². The third kappa shape index (κ3) is 0.850. The van der Waals surface area contributed by atoms with Crippen LogP contribution in [0.15, 0.2) is 12.3 Å². The van der Waals surface area contributed by atoms with Gasteiger partial charge >= 0.3 is 0 Å². The number of hydrogen-bond acceptors (Lipinski definition) is 2. The monoisotopic (exact) mass is 106 g/mol. The van der Waals surface area contributed by atoms with Crippen molar-refractivity contribution in [1.82, 2.24) is 9.78 Å². The van der Waals surface area contributed by atoms with Crippen molar-refractivity contribution in [3.63, 3.8) is 0 Å². The highest BCUT2D eigenvalue weighted by molar-refractivity contribution is 4.79. The van der Waals surface area contributed by atoms with E-state index in [1.54, 1.807) is 12.3 Å². The first-order valence-corrected chi connectivity index (χ1v) is 2.20. The number of aromatic nitrogens is 2. The molecule has 0 saturated carbocycles. The van der Waals surface area contributed by atoms with Gasteiger partial charge in [0.15, 0.2) is 0 Å². The molecule has 1 radical (unpaired) electrons. The van der Waals surface area contributed by atoms with Crippen LogP contribution in [0.5, 0.6) is 0 Å². The van der Waals surface area contributed by atoms with E-state index in [0.717, 1.165) is 0 Å². The molecule has 0 fully saturated rings. The van der Waals surface area contributed by atoms with Gasteiger partial charge in [0.05, 0.1) is 6.07 Å². The Bertz CT molecular complexity index is 182. The van der Waals surface area contributed by atoms with E-state index >= 15 is 0 Å². The molecule has 0 amide bonds. The topological polar surface area (TPSA) is 41.6 Å². The highest BCUT2D eigenvalue weighted by atomic mass is 15.3. The van der Waals surface area contributed by atoms with Crippen molar-refractivity contribution in [1.29, 1.82) is 5.26 Å². The number of hydrogen-bond donors (Lipinski definition) is 0. The van der Waals surface area contributed by atoms with Gasteiger partial charge in [0.1, 0.15) is 12.7 Å². The molecule has 3 nitrogen and oxygen atoms in total. The van der Waals surface area contributed by atoms with Gasteiger partial charge < -0.3 is 0 Å². The molecule has 0 N–H and O–H groups in total. The van der Waals surface area contributed by atoms with Crippen LogP contribution in [0.3, 0.4) is 0 Å². The van der Waals surface area contributed by atoms with Crippen LogP contribution in [-0.2, 0) is 6.54 Å². The van der Waals surface area contributed by atoms with Gasteiger partial charge in [0.2, 0.25) is 0 Å². The van der Waals surface area contributed by atoms with Crippen molar-refractivity contribution in [3.05, 3.63) is 18.5 Å². The maximum absolute atomic E-state index is 8.11. The van der Waals surface area contributed by atoms with Gasteiger partial charge in [-0.1, -0.05) is 0 Å². The molecule has 0 aliphatic rings. The zero-order valence-corrected chi connectivity index (χ0v) is 4.20. The molecule has 1 aromatic rings. The summed E-state index contributed by atoms with van der Waals surface area (Å²) in [6.45, 7) is 0.309. The van der Waals surface area contributed by atoms with Crippen LogP contribution in [-0.4, -0.2) is 9.78 Å². The molecule has 0 saturated heterocycles. The highest BCUT2D eigenvalue weighted by Crippen LogP contribution is 1.79. The van der Waals surface area contributed by atoms with Crippen molar-refractivity contribution >= 4 is 0 Å². The molecule has 0 aromatic carbocycles. The fourth-order valence-corrected chi connectivity index (χ4v) is 0.421. The SMILES string of the molecule is N#CCn1cc[c]n1. The molecule has 1 rings (SSSR count). The molecule has 3 heteroatoms. The molecule has 0 unspecified atom stereocenters. The maximum Gasteiger partial charge on any atom is 0.128 e. The number of rotatable bonds is 1. The first-order valence-electron chi connectivity index (χ1n) is 2.20. The van der Waals surface area contributed by atoms with E-state index in [9.17, 15) is 0 Å². The van der Waals surface area contributed by atoms with Gasteiger partial charge in [-0.25, -0.2) is 0 Å². The van der Waals surface area contributed by atoms with Crippen LogP contribution in [0.1, 0.15) is 0 Å². The Morgan fingerprint density at radius 3 is 3.25 bits per heavy atom. The second kappa shape index (κ2) is 2.12. The Kier molecular flexibility index (Phi) is 1.29. The summed E-state index contributed by atoms with van der Waals surface area (Å²) in [7, 11) is 0. The molecule has 1 heterocycles. The van der Waals surface area contributed by atoms with E-state index in [2.05, 4.69) is 11.3 Å². The lowest BCUT2D eigenvalue weighted by molar-refractivity contribution is 0.708. The van der Waals surface area contributed by atoms with Gasteiger partial charge in [0, 0.05) is 6.20 Å². The first-order chi connectivity index (χ1) is 3.93. The van der Waals surface area contributed by atoms with Gasteiger partial charge in [-0.15, -0.1) is 0 Å². The molecular formula is C5H4N3. The average molecular weight is 106 g/mol. The van der Waals surface area contributed by atoms with E-state index in [-0.39, 0.29) is 0 Å². The summed E-state index contributed by atoms with van der Waals surface area (Å²) < 4.78 is 1.51. The molecule has 39 valence electrons. The molecule has 8 heavy (non-hydrogen) atoms. The maximum atomic E-state index is 8.11. The predicted octanol–water partition coefficient (Wildman–Crippen LogP) is 0.207. The van der Waals surface area contributed by atoms with Crippen LogP contribution in [0.4, 0.5) is 0 Å². The Hall–Kier alpha value is -1.30. The minimum Gasteiger partial charge on any atom is -0.258 e. The normalized spacial score (nSPS) is 8.38. The second-order valence-corrected chi connectivity index (χ2v) is 1.30. The van der Waals surface area contributed by atoms with Crippen molar-refractivity contribution < 1.29 is 0 Å². The highest BCUT2D eigenvalue weighted by Gasteiger charge is 1.82. The summed E-state index contributed by atoms with van der Waals surface area (Å²) in [4.78, 5) is 0. The van der Waals surface area contributed by atoms with E-state index in [4.69, 9.17) is 5.26 Å². The average Bonchev–Trinajstić information content (AvgIpc) is 2.19. The standard InChI is InChI=1S/C5H4N3/c6-2-5-8-4-1-3-7-8/h1,4H,5H2. The molecule has 0 bridgehead atoms. The molecular weight excluding hydrogens is 102 g/mol. The Morgan fingerprint density at radius 2 is 2.75 bits per heavy atom. The van der Waals surface area contributed by atoms with Crippen molar-refractivity contribution in [2.75, 3.05) is 0 Å². The van der Waals surface area contributed by atoms with Gasteiger partial charge in [-0.2, -0.15) is 10.4 Å². The fourth-order valence-electron chi connectivity index (χ4n) is 0.421. The quantitative estimate of drug-likeness (QED) is 0.513. The zero-order chi connectivity index (χ0) is 5.82. The molecule has 0 atom stereocenters. The molecule has 0 spiro atoms. The molecule has 1 aromatic heterocycles. The minimum absolute atomic E-state index is 0.309. The van der Waals surface area contributed by atoms with Gasteiger partial charge in [-0.3, -0.25) is 4.68 Å². The lowest BCUT2D eigenvalue weighted by Crippen LogP contribution is -1.93. The summed E-state index contributed by atoms with van der Waals surface area (Å²) in [5.74, 6) is 0. The first kappa shape index (κ1) is 4.85. The fraction of sp³-hybridized carbons (Fsp3) is 0.200. The van der Waals surface area contributed by atoms with Crippen LogP contribution in [0.25, 0.3) is 0 Å². The third-order valence-electron chi connectivity index (χ3n) is 0.740. The zero-order valence-electron chi connectivity index (χ0n) is 4.20.